The molecule has 0 unspecified atom stereocenters. The molecule has 0 aliphatic rings. The van der Waals surface area contributed by atoms with Crippen molar-refractivity contribution in [3.05, 3.63) is 40.1 Å². The van der Waals surface area contributed by atoms with E-state index in [4.69, 9.17) is 16.7 Å². The average molecular weight is 244 g/mol. The van der Waals surface area contributed by atoms with Gasteiger partial charge in [-0.1, -0.05) is 11.6 Å². The smallest absolute Gasteiger partial charge is 0.141 e. The Morgan fingerprint density at radius 1 is 1.47 bits per heavy atom. The Morgan fingerprint density at radius 2 is 2.27 bits per heavy atom. The van der Waals surface area contributed by atoms with E-state index in [-0.39, 0.29) is 11.6 Å². The van der Waals surface area contributed by atoms with E-state index in [0.29, 0.717) is 0 Å². The fourth-order valence-electron chi connectivity index (χ4n) is 1.14. The lowest BCUT2D eigenvalue weighted by atomic mass is 10.2. The SMILES string of the molecule is OCc1cnc(-c2ccc(F)c(Cl)c2)s1. The van der Waals surface area contributed by atoms with Crippen molar-refractivity contribution in [2.24, 2.45) is 0 Å². The van der Waals surface area contributed by atoms with Crippen molar-refractivity contribution in [2.75, 3.05) is 0 Å². The third kappa shape index (κ3) is 2.17. The Bertz CT molecular complexity index is 486. The maximum Gasteiger partial charge on any atom is 0.141 e. The maximum absolute atomic E-state index is 12.9. The average Bonchev–Trinajstić information content (AvgIpc) is 2.70. The molecule has 0 atom stereocenters. The van der Waals surface area contributed by atoms with Gasteiger partial charge in [0.1, 0.15) is 10.8 Å². The summed E-state index contributed by atoms with van der Waals surface area (Å²) in [5.41, 5.74) is 0.756. The van der Waals surface area contributed by atoms with Crippen LogP contribution in [0, 0.1) is 5.82 Å². The molecule has 1 N–H and O–H groups in total. The Hall–Kier alpha value is -0.970. The van der Waals surface area contributed by atoms with Crippen LogP contribution in [-0.2, 0) is 6.61 Å². The second kappa shape index (κ2) is 4.26. The van der Waals surface area contributed by atoms with Crippen LogP contribution in [0.4, 0.5) is 4.39 Å². The first kappa shape index (κ1) is 10.5. The van der Waals surface area contributed by atoms with Gasteiger partial charge >= 0.3 is 0 Å². The zero-order valence-electron chi connectivity index (χ0n) is 7.58. The van der Waals surface area contributed by atoms with E-state index in [0.717, 1.165) is 15.4 Å². The Kier molecular flexibility index (Phi) is 3.00. The molecule has 0 fully saturated rings. The molecule has 1 heterocycles. The monoisotopic (exact) mass is 243 g/mol. The summed E-state index contributed by atoms with van der Waals surface area (Å²) >= 11 is 7.02. The molecule has 1 aromatic heterocycles. The Labute approximate surface area is 95.0 Å². The predicted molar refractivity (Wildman–Crippen MR) is 58.4 cm³/mol. The van der Waals surface area contributed by atoms with Crippen LogP contribution in [0.1, 0.15) is 4.88 Å². The molecule has 1 aromatic carbocycles. The van der Waals surface area contributed by atoms with Crippen molar-refractivity contribution < 1.29 is 9.50 Å². The first-order valence-corrected chi connectivity index (χ1v) is 5.41. The highest BCUT2D eigenvalue weighted by molar-refractivity contribution is 7.15. The molecular formula is C10H7ClFNOS. The minimum absolute atomic E-state index is 0.0351. The van der Waals surface area contributed by atoms with E-state index in [2.05, 4.69) is 4.98 Å². The third-order valence-corrected chi connectivity index (χ3v) is 3.20. The minimum atomic E-state index is -0.445. The van der Waals surface area contributed by atoms with E-state index in [9.17, 15) is 4.39 Å². The predicted octanol–water partition coefficient (Wildman–Crippen LogP) is 3.09. The highest BCUT2D eigenvalue weighted by Gasteiger charge is 2.06. The molecule has 0 saturated carbocycles. The number of aromatic nitrogens is 1. The Balaban J connectivity index is 2.40. The molecule has 0 bridgehead atoms. The minimum Gasteiger partial charge on any atom is -0.391 e. The molecule has 0 aliphatic carbocycles. The molecule has 2 rings (SSSR count). The van der Waals surface area contributed by atoms with Gasteiger partial charge in [0.05, 0.1) is 16.5 Å². The van der Waals surface area contributed by atoms with Crippen molar-refractivity contribution in [1.29, 1.82) is 0 Å². The summed E-state index contributed by atoms with van der Waals surface area (Å²) in [5.74, 6) is -0.445. The lowest BCUT2D eigenvalue weighted by molar-refractivity contribution is 0.285. The molecule has 15 heavy (non-hydrogen) atoms. The molecule has 2 nitrogen and oxygen atoms in total. The van der Waals surface area contributed by atoms with Crippen molar-refractivity contribution in [3.8, 4) is 10.6 Å². The van der Waals surface area contributed by atoms with Crippen LogP contribution in [0.3, 0.4) is 0 Å². The number of rotatable bonds is 2. The summed E-state index contributed by atoms with van der Waals surface area (Å²) in [6.07, 6.45) is 1.59. The van der Waals surface area contributed by atoms with Crippen molar-refractivity contribution in [2.45, 2.75) is 6.61 Å². The second-order valence-electron chi connectivity index (χ2n) is 2.92. The molecule has 0 radical (unpaired) electrons. The number of benzene rings is 1. The van der Waals surface area contributed by atoms with Crippen LogP contribution in [-0.4, -0.2) is 10.1 Å². The van der Waals surface area contributed by atoms with Crippen molar-refractivity contribution >= 4 is 22.9 Å². The largest absolute Gasteiger partial charge is 0.391 e. The number of nitrogens with zero attached hydrogens (tertiary/aromatic N) is 1. The molecule has 0 saturated heterocycles. The van der Waals surface area contributed by atoms with E-state index in [1.54, 1.807) is 12.3 Å². The molecule has 0 amide bonds. The summed E-state index contributed by atoms with van der Waals surface area (Å²) < 4.78 is 12.9. The fourth-order valence-corrected chi connectivity index (χ4v) is 2.09. The first-order chi connectivity index (χ1) is 7.20. The van der Waals surface area contributed by atoms with Gasteiger partial charge in [0.2, 0.25) is 0 Å². The molecule has 2 aromatic rings. The van der Waals surface area contributed by atoms with Gasteiger partial charge in [-0.3, -0.25) is 0 Å². The van der Waals surface area contributed by atoms with Crippen LogP contribution in [0.2, 0.25) is 5.02 Å². The van der Waals surface area contributed by atoms with Gasteiger partial charge in [-0.05, 0) is 18.2 Å². The van der Waals surface area contributed by atoms with Gasteiger partial charge in [0.15, 0.2) is 0 Å². The highest BCUT2D eigenvalue weighted by atomic mass is 35.5. The molecule has 5 heteroatoms. The Morgan fingerprint density at radius 3 is 2.87 bits per heavy atom. The van der Waals surface area contributed by atoms with Gasteiger partial charge in [0.25, 0.3) is 0 Å². The van der Waals surface area contributed by atoms with Crippen LogP contribution < -0.4 is 0 Å². The van der Waals surface area contributed by atoms with Gasteiger partial charge in [-0.2, -0.15) is 0 Å². The van der Waals surface area contributed by atoms with Crippen molar-refractivity contribution in [3.63, 3.8) is 0 Å². The lowest BCUT2D eigenvalue weighted by Gasteiger charge is -1.97. The summed E-state index contributed by atoms with van der Waals surface area (Å²) in [6, 6.07) is 4.44. The summed E-state index contributed by atoms with van der Waals surface area (Å²) in [4.78, 5) is 4.87. The highest BCUT2D eigenvalue weighted by Crippen LogP contribution is 2.28. The number of aliphatic hydroxyl groups is 1. The third-order valence-electron chi connectivity index (χ3n) is 1.88. The molecule has 78 valence electrons. The second-order valence-corrected chi connectivity index (χ2v) is 4.44. The fraction of sp³-hybridized carbons (Fsp3) is 0.100. The standard InChI is InChI=1S/C10H7ClFNOS/c11-8-3-6(1-2-9(8)12)10-13-4-7(5-14)15-10/h1-4,14H,5H2. The number of hydrogen-bond acceptors (Lipinski definition) is 3. The van der Waals surface area contributed by atoms with Crippen LogP contribution in [0.25, 0.3) is 10.6 Å². The number of hydrogen-bond donors (Lipinski definition) is 1. The van der Waals surface area contributed by atoms with Gasteiger partial charge < -0.3 is 5.11 Å². The zero-order valence-corrected chi connectivity index (χ0v) is 9.15. The van der Waals surface area contributed by atoms with Crippen LogP contribution in [0.15, 0.2) is 24.4 Å². The van der Waals surface area contributed by atoms with Gasteiger partial charge in [0, 0.05) is 11.8 Å². The first-order valence-electron chi connectivity index (χ1n) is 4.21. The van der Waals surface area contributed by atoms with Gasteiger partial charge in [-0.15, -0.1) is 11.3 Å². The number of aliphatic hydroxyl groups excluding tert-OH is 1. The normalized spacial score (nSPS) is 10.6. The zero-order chi connectivity index (χ0) is 10.8. The topological polar surface area (TPSA) is 33.1 Å². The summed E-state index contributed by atoms with van der Waals surface area (Å²) in [7, 11) is 0. The summed E-state index contributed by atoms with van der Waals surface area (Å²) in [5, 5.41) is 9.68. The summed E-state index contributed by atoms with van der Waals surface area (Å²) in [6.45, 7) is -0.0351. The van der Waals surface area contributed by atoms with E-state index >= 15 is 0 Å². The maximum atomic E-state index is 12.9. The molecule has 0 spiro atoms. The lowest BCUT2D eigenvalue weighted by Crippen LogP contribution is -1.79. The van der Waals surface area contributed by atoms with E-state index in [1.807, 2.05) is 0 Å². The number of halogens is 2. The quantitative estimate of drug-likeness (QED) is 0.879. The van der Waals surface area contributed by atoms with Crippen molar-refractivity contribution in [1.82, 2.24) is 4.98 Å². The van der Waals surface area contributed by atoms with Gasteiger partial charge in [-0.25, -0.2) is 9.37 Å². The molecular weight excluding hydrogens is 237 g/mol. The van der Waals surface area contributed by atoms with Crippen LogP contribution >= 0.6 is 22.9 Å². The van der Waals surface area contributed by atoms with E-state index in [1.165, 1.54) is 23.5 Å². The number of thiazole rings is 1. The molecule has 0 aliphatic heterocycles. The van der Waals surface area contributed by atoms with E-state index < -0.39 is 5.82 Å². The van der Waals surface area contributed by atoms with Crippen LogP contribution in [0.5, 0.6) is 0 Å².